The fraction of sp³-hybridized carbons (Fsp3) is 0.412. The van der Waals surface area contributed by atoms with Crippen LogP contribution in [0.5, 0.6) is 0 Å². The SMILES string of the molecule is CCc1ccc(-c2cc(NC)nc(C(C)(C)C)n2)cc1. The normalized spacial score (nSPS) is 11.4. The van der Waals surface area contributed by atoms with Crippen LogP contribution in [0.1, 0.15) is 39.1 Å². The minimum absolute atomic E-state index is 0.0645. The maximum Gasteiger partial charge on any atom is 0.136 e. The second kappa shape index (κ2) is 5.61. The quantitative estimate of drug-likeness (QED) is 0.913. The monoisotopic (exact) mass is 269 g/mol. The van der Waals surface area contributed by atoms with E-state index >= 15 is 0 Å². The van der Waals surface area contributed by atoms with Crippen LogP contribution in [0, 0.1) is 0 Å². The van der Waals surface area contributed by atoms with E-state index in [9.17, 15) is 0 Å². The molecule has 3 heteroatoms. The van der Waals surface area contributed by atoms with Crippen molar-refractivity contribution in [2.75, 3.05) is 12.4 Å². The van der Waals surface area contributed by atoms with Gasteiger partial charge in [-0.05, 0) is 12.0 Å². The van der Waals surface area contributed by atoms with Crippen LogP contribution in [-0.2, 0) is 11.8 Å². The molecule has 1 aromatic carbocycles. The van der Waals surface area contributed by atoms with Crippen LogP contribution in [0.4, 0.5) is 5.82 Å². The Balaban J connectivity index is 2.49. The first-order valence-electron chi connectivity index (χ1n) is 7.10. The van der Waals surface area contributed by atoms with Crippen LogP contribution in [0.15, 0.2) is 30.3 Å². The van der Waals surface area contributed by atoms with Crippen molar-refractivity contribution in [3.8, 4) is 11.3 Å². The Kier molecular flexibility index (Phi) is 4.07. The summed E-state index contributed by atoms with van der Waals surface area (Å²) in [7, 11) is 1.89. The number of benzene rings is 1. The highest BCUT2D eigenvalue weighted by molar-refractivity contribution is 5.63. The summed E-state index contributed by atoms with van der Waals surface area (Å²) in [6.45, 7) is 8.56. The molecule has 0 aliphatic carbocycles. The van der Waals surface area contributed by atoms with Gasteiger partial charge in [-0.3, -0.25) is 0 Å². The van der Waals surface area contributed by atoms with Gasteiger partial charge < -0.3 is 5.32 Å². The van der Waals surface area contributed by atoms with Crippen molar-refractivity contribution in [3.05, 3.63) is 41.7 Å². The first kappa shape index (κ1) is 14.5. The molecule has 0 saturated heterocycles. The Bertz CT molecular complexity index is 580. The van der Waals surface area contributed by atoms with E-state index in [1.807, 2.05) is 13.1 Å². The van der Waals surface area contributed by atoms with E-state index in [2.05, 4.69) is 62.3 Å². The third kappa shape index (κ3) is 3.16. The number of nitrogens with one attached hydrogen (secondary N) is 1. The van der Waals surface area contributed by atoms with E-state index < -0.39 is 0 Å². The van der Waals surface area contributed by atoms with E-state index in [1.165, 1.54) is 5.56 Å². The minimum atomic E-state index is -0.0645. The van der Waals surface area contributed by atoms with Crippen molar-refractivity contribution in [2.45, 2.75) is 39.5 Å². The Morgan fingerprint density at radius 2 is 1.70 bits per heavy atom. The number of hydrogen-bond acceptors (Lipinski definition) is 3. The van der Waals surface area contributed by atoms with Crippen LogP contribution >= 0.6 is 0 Å². The van der Waals surface area contributed by atoms with E-state index in [4.69, 9.17) is 4.98 Å². The molecule has 0 bridgehead atoms. The van der Waals surface area contributed by atoms with Gasteiger partial charge in [0, 0.05) is 24.1 Å². The van der Waals surface area contributed by atoms with E-state index in [0.717, 1.165) is 29.3 Å². The molecule has 2 aromatic rings. The third-order valence-corrected chi connectivity index (χ3v) is 3.31. The average Bonchev–Trinajstić information content (AvgIpc) is 2.46. The standard InChI is InChI=1S/C17H23N3/c1-6-12-7-9-13(10-8-12)14-11-15(18-5)20-16(19-14)17(2,3)4/h7-11H,6H2,1-5H3,(H,18,19,20). The van der Waals surface area contributed by atoms with Crippen molar-refractivity contribution in [1.29, 1.82) is 0 Å². The van der Waals surface area contributed by atoms with Crippen LogP contribution < -0.4 is 5.32 Å². The predicted octanol–water partition coefficient (Wildman–Crippen LogP) is 4.05. The Morgan fingerprint density at radius 1 is 1.05 bits per heavy atom. The van der Waals surface area contributed by atoms with Crippen LogP contribution in [0.2, 0.25) is 0 Å². The van der Waals surface area contributed by atoms with Crippen molar-refractivity contribution >= 4 is 5.82 Å². The lowest BCUT2D eigenvalue weighted by molar-refractivity contribution is 0.547. The molecule has 3 nitrogen and oxygen atoms in total. The summed E-state index contributed by atoms with van der Waals surface area (Å²) in [4.78, 5) is 9.29. The second-order valence-electron chi connectivity index (χ2n) is 6.01. The van der Waals surface area contributed by atoms with Gasteiger partial charge in [0.25, 0.3) is 0 Å². The lowest BCUT2D eigenvalue weighted by Crippen LogP contribution is -2.17. The number of aromatic nitrogens is 2. The van der Waals surface area contributed by atoms with Crippen LogP contribution in [0.25, 0.3) is 11.3 Å². The molecule has 0 atom stereocenters. The van der Waals surface area contributed by atoms with Gasteiger partial charge in [0.05, 0.1) is 5.69 Å². The van der Waals surface area contributed by atoms with Crippen molar-refractivity contribution in [3.63, 3.8) is 0 Å². The largest absolute Gasteiger partial charge is 0.373 e. The summed E-state index contributed by atoms with van der Waals surface area (Å²) in [5.41, 5.74) is 3.38. The molecule has 1 aromatic heterocycles. The summed E-state index contributed by atoms with van der Waals surface area (Å²) in [5.74, 6) is 1.72. The van der Waals surface area contributed by atoms with Crippen molar-refractivity contribution in [2.24, 2.45) is 0 Å². The molecule has 0 spiro atoms. The molecule has 1 N–H and O–H groups in total. The highest BCUT2D eigenvalue weighted by Crippen LogP contribution is 2.25. The van der Waals surface area contributed by atoms with Gasteiger partial charge >= 0.3 is 0 Å². The topological polar surface area (TPSA) is 37.8 Å². The molecule has 1 heterocycles. The molecule has 20 heavy (non-hydrogen) atoms. The summed E-state index contributed by atoms with van der Waals surface area (Å²) in [6.07, 6.45) is 1.05. The van der Waals surface area contributed by atoms with E-state index in [-0.39, 0.29) is 5.41 Å². The first-order chi connectivity index (χ1) is 9.44. The summed E-state index contributed by atoms with van der Waals surface area (Å²) < 4.78 is 0. The molecule has 106 valence electrons. The smallest absolute Gasteiger partial charge is 0.136 e. The molecule has 0 radical (unpaired) electrons. The molecule has 0 amide bonds. The van der Waals surface area contributed by atoms with Crippen molar-refractivity contribution < 1.29 is 0 Å². The van der Waals surface area contributed by atoms with Gasteiger partial charge in [0.2, 0.25) is 0 Å². The lowest BCUT2D eigenvalue weighted by Gasteiger charge is -2.18. The summed E-state index contributed by atoms with van der Waals surface area (Å²) in [5, 5.41) is 3.12. The van der Waals surface area contributed by atoms with E-state index in [1.54, 1.807) is 0 Å². The Labute approximate surface area is 121 Å². The molecule has 0 saturated carbocycles. The molecule has 0 fully saturated rings. The number of hydrogen-bond donors (Lipinski definition) is 1. The number of aryl methyl sites for hydroxylation is 1. The van der Waals surface area contributed by atoms with E-state index in [0.29, 0.717) is 0 Å². The van der Waals surface area contributed by atoms with Gasteiger partial charge in [-0.25, -0.2) is 9.97 Å². The first-order valence-corrected chi connectivity index (χ1v) is 7.10. The average molecular weight is 269 g/mol. The van der Waals surface area contributed by atoms with Crippen LogP contribution in [0.3, 0.4) is 0 Å². The summed E-state index contributed by atoms with van der Waals surface area (Å²) >= 11 is 0. The number of nitrogens with zero attached hydrogens (tertiary/aromatic N) is 2. The fourth-order valence-electron chi connectivity index (χ4n) is 1.97. The maximum atomic E-state index is 4.73. The lowest BCUT2D eigenvalue weighted by atomic mass is 9.95. The third-order valence-electron chi connectivity index (χ3n) is 3.31. The van der Waals surface area contributed by atoms with Gasteiger partial charge in [0.15, 0.2) is 0 Å². The molecule has 0 aliphatic heterocycles. The van der Waals surface area contributed by atoms with Crippen LogP contribution in [-0.4, -0.2) is 17.0 Å². The molecule has 0 unspecified atom stereocenters. The van der Waals surface area contributed by atoms with Gasteiger partial charge in [-0.2, -0.15) is 0 Å². The molecular formula is C17H23N3. The number of anilines is 1. The van der Waals surface area contributed by atoms with Gasteiger partial charge in [-0.15, -0.1) is 0 Å². The second-order valence-corrected chi connectivity index (χ2v) is 6.01. The van der Waals surface area contributed by atoms with Gasteiger partial charge in [0.1, 0.15) is 11.6 Å². The Hall–Kier alpha value is -1.90. The number of rotatable bonds is 3. The van der Waals surface area contributed by atoms with Crippen molar-refractivity contribution in [1.82, 2.24) is 9.97 Å². The zero-order valence-electron chi connectivity index (χ0n) is 13.0. The molecular weight excluding hydrogens is 246 g/mol. The zero-order valence-corrected chi connectivity index (χ0v) is 13.0. The Morgan fingerprint density at radius 3 is 2.20 bits per heavy atom. The maximum absolute atomic E-state index is 4.73. The van der Waals surface area contributed by atoms with Gasteiger partial charge in [-0.1, -0.05) is 52.0 Å². The highest BCUT2D eigenvalue weighted by atomic mass is 15.0. The molecule has 2 rings (SSSR count). The zero-order chi connectivity index (χ0) is 14.8. The highest BCUT2D eigenvalue weighted by Gasteiger charge is 2.19. The fourth-order valence-corrected chi connectivity index (χ4v) is 1.97. The molecule has 0 aliphatic rings. The predicted molar refractivity (Wildman–Crippen MR) is 85.1 cm³/mol. The summed E-state index contributed by atoms with van der Waals surface area (Å²) in [6, 6.07) is 10.6. The minimum Gasteiger partial charge on any atom is -0.373 e.